The van der Waals surface area contributed by atoms with Gasteiger partial charge in [-0.2, -0.15) is 0 Å². The Kier molecular flexibility index (Phi) is 6.19. The number of ether oxygens (including phenoxy) is 1. The molecule has 0 aromatic heterocycles. The second kappa shape index (κ2) is 9.00. The maximum Gasteiger partial charge on any atom is 0.258 e. The Balaban J connectivity index is 1.41. The van der Waals surface area contributed by atoms with E-state index in [1.165, 1.54) is 36.0 Å². The summed E-state index contributed by atoms with van der Waals surface area (Å²) in [5.74, 6) is 0.579. The molecular weight excluding hydrogens is 426 g/mol. The van der Waals surface area contributed by atoms with Crippen molar-refractivity contribution in [2.24, 2.45) is 0 Å². The number of amides is 1. The van der Waals surface area contributed by atoms with Gasteiger partial charge in [-0.3, -0.25) is 4.79 Å². The number of rotatable bonds is 6. The lowest BCUT2D eigenvalue weighted by molar-refractivity contribution is -0.123. The molecule has 1 aliphatic rings. The molecule has 0 aliphatic heterocycles. The van der Waals surface area contributed by atoms with E-state index in [0.717, 1.165) is 28.1 Å². The average Bonchev–Trinajstić information content (AvgIpc) is 2.77. The number of hydrogen-bond acceptors (Lipinski definition) is 2. The molecule has 1 amide bonds. The minimum atomic E-state index is -0.102. The Hall–Kier alpha value is -2.33. The maximum atomic E-state index is 12.6. The van der Waals surface area contributed by atoms with Crippen LogP contribution in [0.3, 0.4) is 0 Å². The smallest absolute Gasteiger partial charge is 0.258 e. The van der Waals surface area contributed by atoms with Crippen LogP contribution >= 0.6 is 15.9 Å². The number of benzene rings is 3. The van der Waals surface area contributed by atoms with E-state index in [1.807, 2.05) is 30.3 Å². The zero-order valence-electron chi connectivity index (χ0n) is 16.7. The predicted molar refractivity (Wildman–Crippen MR) is 121 cm³/mol. The number of carbonyl (C=O) groups excluding carboxylic acids is 1. The van der Waals surface area contributed by atoms with Crippen LogP contribution in [0.5, 0.6) is 5.75 Å². The molecule has 1 N–H and O–H groups in total. The summed E-state index contributed by atoms with van der Waals surface area (Å²) in [5, 5.41) is 5.35. The van der Waals surface area contributed by atoms with Crippen molar-refractivity contribution < 1.29 is 9.53 Å². The summed E-state index contributed by atoms with van der Waals surface area (Å²) in [6, 6.07) is 18.7. The van der Waals surface area contributed by atoms with Crippen molar-refractivity contribution in [3.63, 3.8) is 0 Å². The van der Waals surface area contributed by atoms with Gasteiger partial charge in [-0.25, -0.2) is 0 Å². The standard InChI is InChI=1S/C25H26BrNO2/c1-2-22(20-12-11-17-7-3-4-9-19(17)15-20)27-24(28)16-29-23-14-13-18-8-5-6-10-21(18)25(23)26/h5-6,8,10-15,22H,2-4,7,9,16H2,1H3,(H,27,28). The highest BCUT2D eigenvalue weighted by Crippen LogP contribution is 2.33. The average molecular weight is 452 g/mol. The Morgan fingerprint density at radius 3 is 2.69 bits per heavy atom. The van der Waals surface area contributed by atoms with Crippen LogP contribution in [0.1, 0.15) is 48.9 Å². The first-order valence-corrected chi connectivity index (χ1v) is 11.2. The fourth-order valence-electron chi connectivity index (χ4n) is 4.10. The van der Waals surface area contributed by atoms with Gasteiger partial charge in [0.1, 0.15) is 5.75 Å². The normalized spacial score (nSPS) is 14.3. The molecule has 0 saturated heterocycles. The molecule has 0 fully saturated rings. The molecule has 0 bridgehead atoms. The van der Waals surface area contributed by atoms with E-state index in [1.54, 1.807) is 0 Å². The second-order valence-corrected chi connectivity index (χ2v) is 8.44. The van der Waals surface area contributed by atoms with E-state index < -0.39 is 0 Å². The molecule has 1 aliphatic carbocycles. The van der Waals surface area contributed by atoms with Crippen molar-refractivity contribution in [3.8, 4) is 5.75 Å². The van der Waals surface area contributed by atoms with Crippen molar-refractivity contribution in [1.82, 2.24) is 5.32 Å². The van der Waals surface area contributed by atoms with E-state index in [2.05, 4.69) is 52.4 Å². The van der Waals surface area contributed by atoms with Crippen molar-refractivity contribution in [1.29, 1.82) is 0 Å². The lowest BCUT2D eigenvalue weighted by Gasteiger charge is -2.22. The number of halogens is 1. The van der Waals surface area contributed by atoms with E-state index in [9.17, 15) is 4.79 Å². The zero-order chi connectivity index (χ0) is 20.2. The molecule has 4 rings (SSSR count). The maximum absolute atomic E-state index is 12.6. The highest BCUT2D eigenvalue weighted by molar-refractivity contribution is 9.10. The second-order valence-electron chi connectivity index (χ2n) is 7.65. The third-order valence-corrected chi connectivity index (χ3v) is 6.52. The van der Waals surface area contributed by atoms with Crippen molar-refractivity contribution >= 4 is 32.6 Å². The number of aryl methyl sites for hydroxylation is 2. The van der Waals surface area contributed by atoms with Crippen LogP contribution in [0.4, 0.5) is 0 Å². The lowest BCUT2D eigenvalue weighted by atomic mass is 9.89. The third kappa shape index (κ3) is 4.48. The highest BCUT2D eigenvalue weighted by Gasteiger charge is 2.17. The SMILES string of the molecule is CCC(NC(=O)COc1ccc2ccccc2c1Br)c1ccc2c(c1)CCCC2. The first-order chi connectivity index (χ1) is 14.2. The molecule has 0 heterocycles. The van der Waals surface area contributed by atoms with Crippen LogP contribution in [-0.2, 0) is 17.6 Å². The molecule has 3 nitrogen and oxygen atoms in total. The summed E-state index contributed by atoms with van der Waals surface area (Å²) in [7, 11) is 0. The van der Waals surface area contributed by atoms with Gasteiger partial charge in [0.25, 0.3) is 5.91 Å². The molecule has 1 atom stereocenters. The van der Waals surface area contributed by atoms with Gasteiger partial charge in [0.2, 0.25) is 0 Å². The Labute approximate surface area is 180 Å². The van der Waals surface area contributed by atoms with Crippen molar-refractivity contribution in [3.05, 3.63) is 75.8 Å². The molecule has 29 heavy (non-hydrogen) atoms. The predicted octanol–water partition coefficient (Wildman–Crippen LogP) is 6.13. The molecule has 0 radical (unpaired) electrons. The quantitative estimate of drug-likeness (QED) is 0.489. The highest BCUT2D eigenvalue weighted by atomic mass is 79.9. The Morgan fingerprint density at radius 1 is 1.07 bits per heavy atom. The van der Waals surface area contributed by atoms with Gasteiger partial charge in [0.15, 0.2) is 6.61 Å². The largest absolute Gasteiger partial charge is 0.483 e. The van der Waals surface area contributed by atoms with E-state index in [0.29, 0.717) is 5.75 Å². The molecule has 0 saturated carbocycles. The molecule has 4 heteroatoms. The van der Waals surface area contributed by atoms with E-state index in [-0.39, 0.29) is 18.6 Å². The van der Waals surface area contributed by atoms with Gasteiger partial charge in [-0.1, -0.05) is 55.5 Å². The lowest BCUT2D eigenvalue weighted by Crippen LogP contribution is -2.32. The number of fused-ring (bicyclic) bond motifs is 2. The van der Waals surface area contributed by atoms with Crippen LogP contribution < -0.4 is 10.1 Å². The first-order valence-electron chi connectivity index (χ1n) is 10.4. The molecule has 1 unspecified atom stereocenters. The van der Waals surface area contributed by atoms with Crippen molar-refractivity contribution in [2.45, 2.75) is 45.1 Å². The van der Waals surface area contributed by atoms with Crippen LogP contribution in [0.25, 0.3) is 10.8 Å². The molecule has 3 aromatic carbocycles. The Bertz CT molecular complexity index is 1030. The number of nitrogens with one attached hydrogen (secondary N) is 1. The van der Waals surface area contributed by atoms with Gasteiger partial charge >= 0.3 is 0 Å². The van der Waals surface area contributed by atoms with Crippen molar-refractivity contribution in [2.75, 3.05) is 6.61 Å². The Morgan fingerprint density at radius 2 is 1.86 bits per heavy atom. The fraction of sp³-hybridized carbons (Fsp3) is 0.320. The third-order valence-electron chi connectivity index (χ3n) is 5.71. The van der Waals surface area contributed by atoms with Gasteiger partial charge in [-0.05, 0) is 81.6 Å². The summed E-state index contributed by atoms with van der Waals surface area (Å²) in [6.07, 6.45) is 5.71. The van der Waals surface area contributed by atoms with Crippen LogP contribution in [0.2, 0.25) is 0 Å². The van der Waals surface area contributed by atoms with Gasteiger partial charge in [-0.15, -0.1) is 0 Å². The topological polar surface area (TPSA) is 38.3 Å². The summed E-state index contributed by atoms with van der Waals surface area (Å²) < 4.78 is 6.70. The van der Waals surface area contributed by atoms with Crippen LogP contribution in [0.15, 0.2) is 59.1 Å². The molecule has 150 valence electrons. The van der Waals surface area contributed by atoms with Gasteiger partial charge < -0.3 is 10.1 Å². The monoisotopic (exact) mass is 451 g/mol. The minimum absolute atomic E-state index is 0.00161. The summed E-state index contributed by atoms with van der Waals surface area (Å²) in [4.78, 5) is 12.6. The van der Waals surface area contributed by atoms with Crippen LogP contribution in [-0.4, -0.2) is 12.5 Å². The number of hydrogen-bond donors (Lipinski definition) is 1. The summed E-state index contributed by atoms with van der Waals surface area (Å²) >= 11 is 3.61. The first kappa shape index (κ1) is 20.0. The van der Waals surface area contributed by atoms with Gasteiger partial charge in [0.05, 0.1) is 10.5 Å². The molecular formula is C25H26BrNO2. The summed E-state index contributed by atoms with van der Waals surface area (Å²) in [6.45, 7) is 2.10. The van der Waals surface area contributed by atoms with E-state index in [4.69, 9.17) is 4.74 Å². The van der Waals surface area contributed by atoms with E-state index >= 15 is 0 Å². The van der Waals surface area contributed by atoms with Gasteiger partial charge in [0, 0.05) is 0 Å². The number of carbonyl (C=O) groups is 1. The van der Waals surface area contributed by atoms with Crippen LogP contribution in [0, 0.1) is 0 Å². The fourth-order valence-corrected chi connectivity index (χ4v) is 4.70. The summed E-state index contributed by atoms with van der Waals surface area (Å²) in [5.41, 5.74) is 4.09. The molecule has 3 aromatic rings. The minimum Gasteiger partial charge on any atom is -0.483 e. The molecule has 0 spiro atoms. The zero-order valence-corrected chi connectivity index (χ0v) is 18.3.